The number of nitrogens with zero attached hydrogens (tertiary/aromatic N) is 4. The van der Waals surface area contributed by atoms with Crippen LogP contribution in [0.1, 0.15) is 13.8 Å². The van der Waals surface area contributed by atoms with Gasteiger partial charge in [0.25, 0.3) is 5.89 Å². The van der Waals surface area contributed by atoms with E-state index in [2.05, 4.69) is 24.9 Å². The third kappa shape index (κ3) is 4.72. The van der Waals surface area contributed by atoms with Crippen LogP contribution in [0.5, 0.6) is 0 Å². The predicted octanol–water partition coefficient (Wildman–Crippen LogP) is 5.16. The second-order valence-electron chi connectivity index (χ2n) is 5.65. The largest absolute Gasteiger partial charge is 0.414 e. The molecule has 0 atom stereocenters. The molecule has 0 amide bonds. The maximum atomic E-state index is 6.01. The highest BCUT2D eigenvalue weighted by Gasteiger charge is 2.16. The Kier molecular flexibility index (Phi) is 6.80. The Morgan fingerprint density at radius 3 is 2.41 bits per heavy atom. The summed E-state index contributed by atoms with van der Waals surface area (Å²) in [5, 5.41) is 8.18. The van der Waals surface area contributed by atoms with Crippen molar-refractivity contribution in [2.45, 2.75) is 13.8 Å². The molecule has 0 fully saturated rings. The summed E-state index contributed by atoms with van der Waals surface area (Å²) in [6.45, 7) is 4.00. The Bertz CT molecular complexity index is 1070. The average Bonchev–Trinajstić information content (AvgIpc) is 3.27. The van der Waals surface area contributed by atoms with Gasteiger partial charge in [0.05, 0.1) is 11.9 Å². The van der Waals surface area contributed by atoms with E-state index in [0.717, 1.165) is 16.8 Å². The number of hydrogen-bond donors (Lipinski definition) is 2. The maximum absolute atomic E-state index is 6.01. The van der Waals surface area contributed by atoms with E-state index in [1.807, 2.05) is 74.7 Å². The summed E-state index contributed by atoms with van der Waals surface area (Å²) in [7, 11) is 0. The van der Waals surface area contributed by atoms with Crippen LogP contribution >= 0.6 is 11.9 Å². The minimum absolute atomic E-state index is 0.235. The molecule has 2 aromatic heterocycles. The number of nitrogens with one attached hydrogen (secondary N) is 1. The number of rotatable bonds is 5. The lowest BCUT2D eigenvalue weighted by Crippen LogP contribution is -1.99. The van der Waals surface area contributed by atoms with E-state index in [1.165, 1.54) is 11.9 Å². The fourth-order valence-corrected chi connectivity index (χ4v) is 2.93. The second kappa shape index (κ2) is 9.70. The molecule has 0 aliphatic heterocycles. The van der Waals surface area contributed by atoms with Gasteiger partial charge in [-0.1, -0.05) is 56.1 Å². The van der Waals surface area contributed by atoms with Gasteiger partial charge in [0.1, 0.15) is 0 Å². The lowest BCUT2D eigenvalue weighted by molar-refractivity contribution is 0.582. The van der Waals surface area contributed by atoms with E-state index in [9.17, 15) is 0 Å². The fourth-order valence-electron chi connectivity index (χ4n) is 2.57. The molecule has 0 saturated heterocycles. The molecule has 4 aromatic rings. The van der Waals surface area contributed by atoms with Gasteiger partial charge in [-0.25, -0.2) is 9.97 Å². The highest BCUT2D eigenvalue weighted by atomic mass is 32.2. The van der Waals surface area contributed by atoms with Gasteiger partial charge in [-0.3, -0.25) is 0 Å². The Hall–Kier alpha value is -3.39. The highest BCUT2D eigenvalue weighted by molar-refractivity contribution is 7.99. The minimum atomic E-state index is 0.235. The average molecular weight is 407 g/mol. The van der Waals surface area contributed by atoms with Crippen molar-refractivity contribution in [1.29, 1.82) is 0 Å². The molecule has 0 aliphatic carbocycles. The molecule has 29 heavy (non-hydrogen) atoms. The third-order valence-corrected chi connectivity index (χ3v) is 4.27. The minimum Gasteiger partial charge on any atom is -0.414 e. The fraction of sp³-hybridized carbons (Fsp3) is 0.143. The number of aromatic nitrogens is 4. The molecule has 4 rings (SSSR count). The molecule has 0 bridgehead atoms. The van der Waals surface area contributed by atoms with Gasteiger partial charge in [0, 0.05) is 23.1 Å². The molecule has 3 N–H and O–H groups in total. The Balaban J connectivity index is 0.00000117. The monoisotopic (exact) mass is 406 g/mol. The van der Waals surface area contributed by atoms with Crippen LogP contribution in [0.25, 0.3) is 34.3 Å². The van der Waals surface area contributed by atoms with Crippen LogP contribution in [0.15, 0.2) is 65.2 Å². The molecule has 8 heteroatoms. The van der Waals surface area contributed by atoms with Gasteiger partial charge >= 0.3 is 0 Å². The first kappa shape index (κ1) is 20.3. The zero-order valence-electron chi connectivity index (χ0n) is 16.5. The van der Waals surface area contributed by atoms with E-state index >= 15 is 0 Å². The van der Waals surface area contributed by atoms with Crippen molar-refractivity contribution >= 4 is 23.5 Å². The van der Waals surface area contributed by atoms with Gasteiger partial charge in [-0.05, 0) is 24.3 Å². The van der Waals surface area contributed by atoms with Crippen LogP contribution in [0.3, 0.4) is 0 Å². The van der Waals surface area contributed by atoms with E-state index in [0.29, 0.717) is 17.3 Å². The second-order valence-corrected chi connectivity index (χ2v) is 6.27. The van der Waals surface area contributed by atoms with Gasteiger partial charge < -0.3 is 14.9 Å². The highest BCUT2D eigenvalue weighted by Crippen LogP contribution is 2.28. The third-order valence-electron chi connectivity index (χ3n) is 3.83. The lowest BCUT2D eigenvalue weighted by atomic mass is 10.1. The zero-order chi connectivity index (χ0) is 20.6. The molecular formula is C21H22N6OS. The van der Waals surface area contributed by atoms with Gasteiger partial charge in [0.15, 0.2) is 11.5 Å². The Labute approximate surface area is 173 Å². The van der Waals surface area contributed by atoms with Crippen LogP contribution in [-0.2, 0) is 0 Å². The van der Waals surface area contributed by atoms with Gasteiger partial charge in [-0.15, -0.1) is 10.2 Å². The molecule has 148 valence electrons. The van der Waals surface area contributed by atoms with Crippen LogP contribution in [0.2, 0.25) is 0 Å². The van der Waals surface area contributed by atoms with Crippen LogP contribution in [0.4, 0.5) is 11.5 Å². The number of nitrogens with two attached hydrogens (primary N) is 1. The van der Waals surface area contributed by atoms with E-state index < -0.39 is 0 Å². The van der Waals surface area contributed by atoms with Crippen molar-refractivity contribution in [3.05, 3.63) is 60.8 Å². The van der Waals surface area contributed by atoms with Gasteiger partial charge in [-0.2, -0.15) is 0 Å². The summed E-state index contributed by atoms with van der Waals surface area (Å²) in [5.74, 6) is 0.878. The van der Waals surface area contributed by atoms with Crippen molar-refractivity contribution in [2.24, 2.45) is 0 Å². The zero-order valence-corrected chi connectivity index (χ0v) is 17.3. The molecule has 2 aromatic carbocycles. The SMILES string of the molecule is CC.CSNc1cccc(-c2cnc(N)c(-c3nnc(-c4ccccc4)o3)n2)c1. The molecular weight excluding hydrogens is 384 g/mol. The lowest BCUT2D eigenvalue weighted by Gasteiger charge is -2.07. The summed E-state index contributed by atoms with van der Waals surface area (Å²) in [6, 6.07) is 17.4. The summed E-state index contributed by atoms with van der Waals surface area (Å²) in [5.41, 5.74) is 9.76. The first-order valence-corrected chi connectivity index (χ1v) is 10.4. The van der Waals surface area contributed by atoms with E-state index in [4.69, 9.17) is 10.2 Å². The van der Waals surface area contributed by atoms with Crippen molar-refractivity contribution < 1.29 is 4.42 Å². The summed E-state index contributed by atoms with van der Waals surface area (Å²) >= 11 is 1.52. The topological polar surface area (TPSA) is 103 Å². The smallest absolute Gasteiger partial charge is 0.270 e. The number of anilines is 2. The first-order chi connectivity index (χ1) is 14.2. The van der Waals surface area contributed by atoms with Crippen molar-refractivity contribution in [2.75, 3.05) is 16.7 Å². The van der Waals surface area contributed by atoms with Crippen LogP contribution in [-0.4, -0.2) is 26.4 Å². The van der Waals surface area contributed by atoms with Crippen molar-refractivity contribution in [1.82, 2.24) is 20.2 Å². The van der Waals surface area contributed by atoms with Crippen LogP contribution in [0, 0.1) is 0 Å². The molecule has 0 saturated carbocycles. The van der Waals surface area contributed by atoms with E-state index in [-0.39, 0.29) is 11.7 Å². The molecule has 0 aliphatic rings. The van der Waals surface area contributed by atoms with Crippen molar-refractivity contribution in [3.63, 3.8) is 0 Å². The van der Waals surface area contributed by atoms with Gasteiger partial charge in [0.2, 0.25) is 5.89 Å². The number of nitrogen functional groups attached to an aromatic ring is 1. The maximum Gasteiger partial charge on any atom is 0.270 e. The predicted molar refractivity (Wildman–Crippen MR) is 119 cm³/mol. The number of benzene rings is 2. The molecule has 2 heterocycles. The van der Waals surface area contributed by atoms with Crippen molar-refractivity contribution in [3.8, 4) is 34.3 Å². The molecule has 0 unspecified atom stereocenters. The first-order valence-electron chi connectivity index (χ1n) is 9.16. The summed E-state index contributed by atoms with van der Waals surface area (Å²) in [6.07, 6.45) is 3.60. The quantitative estimate of drug-likeness (QED) is 0.438. The summed E-state index contributed by atoms with van der Waals surface area (Å²) < 4.78 is 8.97. The van der Waals surface area contributed by atoms with Crippen LogP contribution < -0.4 is 10.5 Å². The standard InChI is InChI=1S/C19H16N6OS.C2H6/c1-27-25-14-9-5-8-13(10-14)15-11-21-17(20)16(22-15)19-24-23-18(26-19)12-6-3-2-4-7-12;1-2/h2-11,25H,1H3,(H2,20,21);1-2H3. The Morgan fingerprint density at radius 1 is 0.931 bits per heavy atom. The van der Waals surface area contributed by atoms with E-state index in [1.54, 1.807) is 6.20 Å². The summed E-state index contributed by atoms with van der Waals surface area (Å²) in [4.78, 5) is 8.85. The Morgan fingerprint density at radius 2 is 1.66 bits per heavy atom. The number of hydrogen-bond acceptors (Lipinski definition) is 8. The normalized spacial score (nSPS) is 10.2. The molecule has 7 nitrogen and oxygen atoms in total. The molecule has 0 spiro atoms. The molecule has 0 radical (unpaired) electrons.